The van der Waals surface area contributed by atoms with Gasteiger partial charge in [0, 0.05) is 53.9 Å². The molecule has 1 saturated heterocycles. The molecule has 29 heavy (non-hydrogen) atoms. The van der Waals surface area contributed by atoms with Gasteiger partial charge in [0.15, 0.2) is 0 Å². The number of carboxylic acids is 2. The van der Waals surface area contributed by atoms with E-state index in [2.05, 4.69) is 64.7 Å². The van der Waals surface area contributed by atoms with Gasteiger partial charge in [-0.25, -0.2) is 9.59 Å². The Morgan fingerprint density at radius 3 is 2.17 bits per heavy atom. The first-order valence-corrected chi connectivity index (χ1v) is 11.1. The summed E-state index contributed by atoms with van der Waals surface area (Å²) in [6.07, 6.45) is 1.12. The lowest BCUT2D eigenvalue weighted by molar-refractivity contribution is -0.134. The topological polar surface area (TPSA) is 81.1 Å². The van der Waals surface area contributed by atoms with E-state index in [-0.39, 0.29) is 0 Å². The highest BCUT2D eigenvalue weighted by atomic mass is 32.2. The summed E-state index contributed by atoms with van der Waals surface area (Å²) in [6.45, 7) is 4.71. The van der Waals surface area contributed by atoms with E-state index in [9.17, 15) is 9.59 Å². The van der Waals surface area contributed by atoms with Crippen LogP contribution >= 0.6 is 23.1 Å². The van der Waals surface area contributed by atoms with Crippen LogP contribution in [0.2, 0.25) is 0 Å². The summed E-state index contributed by atoms with van der Waals surface area (Å²) in [5.41, 5.74) is 0. The molecule has 1 aliphatic rings. The molecule has 1 atom stereocenters. The van der Waals surface area contributed by atoms with E-state index in [1.54, 1.807) is 0 Å². The number of piperazine rings is 1. The molecule has 0 aliphatic carbocycles. The van der Waals surface area contributed by atoms with Crippen LogP contribution < -0.4 is 0 Å². The maximum absolute atomic E-state index is 9.55. The zero-order valence-electron chi connectivity index (χ0n) is 16.3. The Bertz CT molecular complexity index is 757. The van der Waals surface area contributed by atoms with Gasteiger partial charge in [0.2, 0.25) is 0 Å². The van der Waals surface area contributed by atoms with Crippen molar-refractivity contribution in [1.29, 1.82) is 0 Å². The summed E-state index contributed by atoms with van der Waals surface area (Å²) < 4.78 is 0. The van der Waals surface area contributed by atoms with E-state index in [1.165, 1.54) is 36.0 Å². The minimum Gasteiger partial charge on any atom is -0.478 e. The molecule has 2 aromatic rings. The zero-order chi connectivity index (χ0) is 21.1. The van der Waals surface area contributed by atoms with Gasteiger partial charge in [-0.2, -0.15) is 0 Å². The number of rotatable bonds is 7. The maximum Gasteiger partial charge on any atom is 0.328 e. The van der Waals surface area contributed by atoms with Gasteiger partial charge in [-0.15, -0.1) is 23.1 Å². The second-order valence-electron chi connectivity index (χ2n) is 6.50. The Balaban J connectivity index is 0.000000321. The van der Waals surface area contributed by atoms with Crippen molar-refractivity contribution in [1.82, 2.24) is 9.80 Å². The van der Waals surface area contributed by atoms with Gasteiger partial charge in [-0.05, 0) is 30.6 Å². The fourth-order valence-electron chi connectivity index (χ4n) is 2.82. The average molecular weight is 435 g/mol. The van der Waals surface area contributed by atoms with Gasteiger partial charge in [0.25, 0.3) is 0 Å². The molecule has 3 rings (SSSR count). The molecule has 0 saturated carbocycles. The lowest BCUT2D eigenvalue weighted by atomic mass is 10.2. The minimum absolute atomic E-state index is 0.545. The number of carboxylic acid groups (broad SMARTS) is 2. The number of thioether (sulfide) groups is 1. The largest absolute Gasteiger partial charge is 0.478 e. The van der Waals surface area contributed by atoms with Gasteiger partial charge in [0.1, 0.15) is 0 Å². The van der Waals surface area contributed by atoms with Crippen LogP contribution in [0.5, 0.6) is 0 Å². The van der Waals surface area contributed by atoms with Crippen molar-refractivity contribution in [2.75, 3.05) is 39.0 Å². The fraction of sp³-hybridized carbons (Fsp3) is 0.333. The van der Waals surface area contributed by atoms with Crippen LogP contribution in [0.1, 0.15) is 10.9 Å². The molecule has 1 aromatic heterocycles. The highest BCUT2D eigenvalue weighted by Gasteiger charge is 2.24. The molecular formula is C21H26N2O4S2. The zero-order valence-corrected chi connectivity index (χ0v) is 17.9. The van der Waals surface area contributed by atoms with Crippen LogP contribution in [0.15, 0.2) is 64.9 Å². The molecule has 0 radical (unpaired) electrons. The molecular weight excluding hydrogens is 408 g/mol. The first kappa shape index (κ1) is 23.2. The molecule has 8 heteroatoms. The number of benzene rings is 1. The van der Waals surface area contributed by atoms with Crippen LogP contribution in [-0.2, 0) is 9.59 Å². The molecule has 1 fully saturated rings. The molecule has 6 nitrogen and oxygen atoms in total. The van der Waals surface area contributed by atoms with Crippen molar-refractivity contribution in [3.8, 4) is 0 Å². The maximum atomic E-state index is 9.55. The van der Waals surface area contributed by atoms with Gasteiger partial charge in [-0.3, -0.25) is 4.90 Å². The van der Waals surface area contributed by atoms with Crippen LogP contribution in [0, 0.1) is 0 Å². The van der Waals surface area contributed by atoms with E-state index < -0.39 is 11.9 Å². The Morgan fingerprint density at radius 2 is 1.66 bits per heavy atom. The molecule has 0 bridgehead atoms. The Kier molecular flexibility index (Phi) is 9.93. The van der Waals surface area contributed by atoms with Crippen molar-refractivity contribution in [3.05, 3.63) is 64.9 Å². The summed E-state index contributed by atoms with van der Waals surface area (Å²) in [7, 11) is 2.22. The van der Waals surface area contributed by atoms with Crippen molar-refractivity contribution >= 4 is 35.0 Å². The van der Waals surface area contributed by atoms with Gasteiger partial charge >= 0.3 is 11.9 Å². The van der Waals surface area contributed by atoms with Crippen molar-refractivity contribution in [2.45, 2.75) is 10.9 Å². The lowest BCUT2D eigenvalue weighted by Crippen LogP contribution is -2.46. The monoisotopic (exact) mass is 434 g/mol. The Hall–Kier alpha value is -2.13. The summed E-state index contributed by atoms with van der Waals surface area (Å²) in [4.78, 5) is 27.1. The van der Waals surface area contributed by atoms with Crippen LogP contribution in [0.25, 0.3) is 0 Å². The molecule has 1 aromatic carbocycles. The summed E-state index contributed by atoms with van der Waals surface area (Å²) in [5.74, 6) is -1.38. The van der Waals surface area contributed by atoms with Crippen molar-refractivity contribution in [2.24, 2.45) is 0 Å². The number of thiophene rings is 1. The van der Waals surface area contributed by atoms with E-state index in [0.717, 1.165) is 5.75 Å². The second-order valence-corrected chi connectivity index (χ2v) is 8.58. The third-order valence-electron chi connectivity index (χ3n) is 4.37. The predicted octanol–water partition coefficient (Wildman–Crippen LogP) is 3.54. The predicted molar refractivity (Wildman–Crippen MR) is 118 cm³/mol. The van der Waals surface area contributed by atoms with Gasteiger partial charge in [0.05, 0.1) is 6.04 Å². The summed E-state index contributed by atoms with van der Waals surface area (Å²) >= 11 is 3.86. The number of hydrogen-bond acceptors (Lipinski definition) is 6. The average Bonchev–Trinajstić information content (AvgIpc) is 3.24. The highest BCUT2D eigenvalue weighted by Crippen LogP contribution is 2.32. The standard InChI is InChI=1S/C17H22N2S2.C4H4O4/c1-18-9-11-19(12-10-18)16(17-8-5-13-20-17)14-21-15-6-3-2-4-7-15;5-3(6)1-2-4(7)8/h2-8,13,16H,9-12,14H2,1H3;1-2H,(H,5,6)(H,7,8)/b;2-1-. The number of likely N-dealkylation sites (N-methyl/N-ethyl adjacent to an activating group) is 1. The van der Waals surface area contributed by atoms with Gasteiger partial charge < -0.3 is 15.1 Å². The molecule has 0 amide bonds. The number of carbonyl (C=O) groups is 2. The Labute approximate surface area is 179 Å². The smallest absolute Gasteiger partial charge is 0.328 e. The second kappa shape index (κ2) is 12.4. The number of aliphatic carboxylic acids is 2. The number of nitrogens with zero attached hydrogens (tertiary/aromatic N) is 2. The molecule has 2 heterocycles. The molecule has 1 unspecified atom stereocenters. The van der Waals surface area contributed by atoms with Crippen LogP contribution in [-0.4, -0.2) is 70.9 Å². The third-order valence-corrected chi connectivity index (χ3v) is 6.43. The van der Waals surface area contributed by atoms with E-state index >= 15 is 0 Å². The third kappa shape index (κ3) is 8.82. The van der Waals surface area contributed by atoms with Crippen LogP contribution in [0.3, 0.4) is 0 Å². The molecule has 0 spiro atoms. The fourth-order valence-corrected chi connectivity index (χ4v) is 4.87. The SMILES string of the molecule is CN1CCN(C(CSc2ccccc2)c2cccs2)CC1.O=C(O)/C=C\C(=O)O. The number of hydrogen-bond donors (Lipinski definition) is 2. The van der Waals surface area contributed by atoms with Gasteiger partial charge in [-0.1, -0.05) is 24.3 Å². The van der Waals surface area contributed by atoms with Crippen LogP contribution in [0.4, 0.5) is 0 Å². The highest BCUT2D eigenvalue weighted by molar-refractivity contribution is 7.99. The van der Waals surface area contributed by atoms with E-state index in [0.29, 0.717) is 18.2 Å². The Morgan fingerprint density at radius 1 is 1.03 bits per heavy atom. The van der Waals surface area contributed by atoms with Crippen molar-refractivity contribution < 1.29 is 19.8 Å². The normalized spacial score (nSPS) is 16.2. The first-order chi connectivity index (χ1) is 14.0. The molecule has 1 aliphatic heterocycles. The van der Waals surface area contributed by atoms with E-state index in [1.807, 2.05) is 23.1 Å². The van der Waals surface area contributed by atoms with Crippen molar-refractivity contribution in [3.63, 3.8) is 0 Å². The molecule has 2 N–H and O–H groups in total. The minimum atomic E-state index is -1.26. The quantitative estimate of drug-likeness (QED) is 0.510. The van der Waals surface area contributed by atoms with E-state index in [4.69, 9.17) is 10.2 Å². The lowest BCUT2D eigenvalue weighted by Gasteiger charge is -2.37. The summed E-state index contributed by atoms with van der Waals surface area (Å²) in [5, 5.41) is 17.8. The summed E-state index contributed by atoms with van der Waals surface area (Å²) in [6, 6.07) is 15.8. The first-order valence-electron chi connectivity index (χ1n) is 9.23. The molecule has 156 valence electrons.